The third-order valence-corrected chi connectivity index (χ3v) is 2.17. The molecular formula is C10H14O. The van der Waals surface area contributed by atoms with E-state index in [1.807, 2.05) is 26.0 Å². The molecule has 0 heterocycles. The van der Waals surface area contributed by atoms with E-state index in [9.17, 15) is 4.79 Å². The first-order valence-corrected chi connectivity index (χ1v) is 4.14. The SMILES string of the molecule is C/C=C1/CCC/C(=C/C)C1=O. The lowest BCUT2D eigenvalue weighted by molar-refractivity contribution is -0.113. The van der Waals surface area contributed by atoms with E-state index >= 15 is 0 Å². The van der Waals surface area contributed by atoms with Gasteiger partial charge >= 0.3 is 0 Å². The molecule has 11 heavy (non-hydrogen) atoms. The van der Waals surface area contributed by atoms with Crippen LogP contribution in [-0.2, 0) is 4.79 Å². The monoisotopic (exact) mass is 150 g/mol. The number of rotatable bonds is 0. The van der Waals surface area contributed by atoms with E-state index in [1.165, 1.54) is 0 Å². The Bertz CT molecular complexity index is 199. The van der Waals surface area contributed by atoms with Crippen LogP contribution in [0.3, 0.4) is 0 Å². The molecule has 0 unspecified atom stereocenters. The largest absolute Gasteiger partial charge is 0.289 e. The molecule has 1 aliphatic carbocycles. The molecule has 1 saturated carbocycles. The van der Waals surface area contributed by atoms with Gasteiger partial charge in [0.05, 0.1) is 0 Å². The molecule has 0 saturated heterocycles. The molecule has 1 fully saturated rings. The van der Waals surface area contributed by atoms with Gasteiger partial charge in [0, 0.05) is 0 Å². The first kappa shape index (κ1) is 8.25. The quantitative estimate of drug-likeness (QED) is 0.485. The maximum Gasteiger partial charge on any atom is 0.184 e. The first-order chi connectivity index (χ1) is 5.29. The molecule has 0 atom stereocenters. The highest BCUT2D eigenvalue weighted by Gasteiger charge is 2.18. The second kappa shape index (κ2) is 3.51. The number of hydrogen-bond donors (Lipinski definition) is 0. The number of allylic oxidation sites excluding steroid dienone is 4. The minimum atomic E-state index is 0.265. The lowest BCUT2D eigenvalue weighted by Gasteiger charge is -2.14. The molecule has 1 nitrogen and oxygen atoms in total. The highest BCUT2D eigenvalue weighted by Crippen LogP contribution is 2.23. The molecule has 0 N–H and O–H groups in total. The van der Waals surface area contributed by atoms with E-state index in [4.69, 9.17) is 0 Å². The van der Waals surface area contributed by atoms with Gasteiger partial charge in [0.25, 0.3) is 0 Å². The summed E-state index contributed by atoms with van der Waals surface area (Å²) in [5.74, 6) is 0.265. The van der Waals surface area contributed by atoms with Gasteiger partial charge in [-0.15, -0.1) is 0 Å². The van der Waals surface area contributed by atoms with Crippen LogP contribution in [0.2, 0.25) is 0 Å². The fraction of sp³-hybridized carbons (Fsp3) is 0.500. The summed E-state index contributed by atoms with van der Waals surface area (Å²) in [6, 6.07) is 0. The molecule has 0 aliphatic heterocycles. The Balaban J connectivity index is 2.84. The molecule has 1 heteroatoms. The molecule has 0 amide bonds. The summed E-state index contributed by atoms with van der Waals surface area (Å²) in [5, 5.41) is 0. The molecule has 0 bridgehead atoms. The van der Waals surface area contributed by atoms with Crippen LogP contribution >= 0.6 is 0 Å². The van der Waals surface area contributed by atoms with Gasteiger partial charge in [-0.25, -0.2) is 0 Å². The Hall–Kier alpha value is -0.850. The summed E-state index contributed by atoms with van der Waals surface area (Å²) in [5.41, 5.74) is 1.98. The summed E-state index contributed by atoms with van der Waals surface area (Å²) in [7, 11) is 0. The van der Waals surface area contributed by atoms with Crippen molar-refractivity contribution in [2.45, 2.75) is 33.1 Å². The Morgan fingerprint density at radius 1 is 1.09 bits per heavy atom. The molecule has 0 radical (unpaired) electrons. The average molecular weight is 150 g/mol. The third kappa shape index (κ3) is 1.59. The lowest BCUT2D eigenvalue weighted by atomic mass is 9.89. The zero-order valence-corrected chi connectivity index (χ0v) is 7.18. The van der Waals surface area contributed by atoms with Gasteiger partial charge in [0.1, 0.15) is 0 Å². The maximum atomic E-state index is 11.5. The Morgan fingerprint density at radius 2 is 1.55 bits per heavy atom. The second-order valence-electron chi connectivity index (χ2n) is 2.81. The van der Waals surface area contributed by atoms with E-state index in [1.54, 1.807) is 0 Å². The summed E-state index contributed by atoms with van der Waals surface area (Å²) in [6.45, 7) is 3.87. The molecule has 1 rings (SSSR count). The third-order valence-electron chi connectivity index (χ3n) is 2.17. The first-order valence-electron chi connectivity index (χ1n) is 4.14. The summed E-state index contributed by atoms with van der Waals surface area (Å²) in [4.78, 5) is 11.5. The fourth-order valence-electron chi connectivity index (χ4n) is 1.45. The van der Waals surface area contributed by atoms with Crippen molar-refractivity contribution in [3.8, 4) is 0 Å². The number of carbonyl (C=O) groups is 1. The minimum absolute atomic E-state index is 0.265. The number of Topliss-reactive ketones (excluding diaryl/α,β-unsaturated/α-hetero) is 1. The van der Waals surface area contributed by atoms with Crippen molar-refractivity contribution in [2.75, 3.05) is 0 Å². The molecule has 1 aliphatic rings. The normalized spacial score (nSPS) is 26.5. The molecule has 0 aromatic carbocycles. The van der Waals surface area contributed by atoms with Crippen molar-refractivity contribution in [3.63, 3.8) is 0 Å². The minimum Gasteiger partial charge on any atom is -0.289 e. The number of carbonyl (C=O) groups excluding carboxylic acids is 1. The van der Waals surface area contributed by atoms with Gasteiger partial charge in [-0.1, -0.05) is 12.2 Å². The number of hydrogen-bond acceptors (Lipinski definition) is 1. The van der Waals surface area contributed by atoms with Crippen LogP contribution in [-0.4, -0.2) is 5.78 Å². The molecule has 0 spiro atoms. The summed E-state index contributed by atoms with van der Waals surface area (Å²) in [6.07, 6.45) is 6.93. The van der Waals surface area contributed by atoms with Crippen LogP contribution in [0.4, 0.5) is 0 Å². The van der Waals surface area contributed by atoms with Crippen LogP contribution < -0.4 is 0 Å². The van der Waals surface area contributed by atoms with E-state index in [2.05, 4.69) is 0 Å². The standard InChI is InChI=1S/C10H14O/c1-3-8-6-5-7-9(4-2)10(8)11/h3-4H,5-7H2,1-2H3/b8-3-,9-4-. The van der Waals surface area contributed by atoms with Crippen LogP contribution in [0.15, 0.2) is 23.3 Å². The zero-order valence-electron chi connectivity index (χ0n) is 7.18. The Labute approximate surface area is 67.8 Å². The number of ketones is 1. The highest BCUT2D eigenvalue weighted by atomic mass is 16.1. The highest BCUT2D eigenvalue weighted by molar-refractivity contribution is 6.08. The van der Waals surface area contributed by atoms with Crippen LogP contribution in [0.5, 0.6) is 0 Å². The molecule has 0 aromatic rings. The smallest absolute Gasteiger partial charge is 0.184 e. The summed E-state index contributed by atoms with van der Waals surface area (Å²) >= 11 is 0. The van der Waals surface area contributed by atoms with Crippen LogP contribution in [0.1, 0.15) is 33.1 Å². The van der Waals surface area contributed by atoms with Crippen LogP contribution in [0, 0.1) is 0 Å². The van der Waals surface area contributed by atoms with Crippen molar-refractivity contribution < 1.29 is 4.79 Å². The van der Waals surface area contributed by atoms with Crippen molar-refractivity contribution in [3.05, 3.63) is 23.3 Å². The van der Waals surface area contributed by atoms with Crippen molar-refractivity contribution in [2.24, 2.45) is 0 Å². The van der Waals surface area contributed by atoms with Gasteiger partial charge < -0.3 is 0 Å². The van der Waals surface area contributed by atoms with E-state index in [-0.39, 0.29) is 5.78 Å². The van der Waals surface area contributed by atoms with Gasteiger partial charge in [-0.3, -0.25) is 4.79 Å². The second-order valence-corrected chi connectivity index (χ2v) is 2.81. The summed E-state index contributed by atoms with van der Waals surface area (Å²) < 4.78 is 0. The fourth-order valence-corrected chi connectivity index (χ4v) is 1.45. The van der Waals surface area contributed by atoms with Gasteiger partial charge in [0.15, 0.2) is 5.78 Å². The Morgan fingerprint density at radius 3 is 1.91 bits per heavy atom. The predicted octanol–water partition coefficient (Wildman–Crippen LogP) is 2.63. The maximum absolute atomic E-state index is 11.5. The topological polar surface area (TPSA) is 17.1 Å². The average Bonchev–Trinajstić information content (AvgIpc) is 2.05. The van der Waals surface area contributed by atoms with Crippen molar-refractivity contribution in [1.82, 2.24) is 0 Å². The van der Waals surface area contributed by atoms with Gasteiger partial charge in [-0.2, -0.15) is 0 Å². The molecular weight excluding hydrogens is 136 g/mol. The predicted molar refractivity (Wildman–Crippen MR) is 46.4 cm³/mol. The molecule has 0 aromatic heterocycles. The van der Waals surface area contributed by atoms with Crippen molar-refractivity contribution >= 4 is 5.78 Å². The van der Waals surface area contributed by atoms with Crippen LogP contribution in [0.25, 0.3) is 0 Å². The van der Waals surface area contributed by atoms with Gasteiger partial charge in [-0.05, 0) is 44.3 Å². The van der Waals surface area contributed by atoms with E-state index in [0.29, 0.717) is 0 Å². The van der Waals surface area contributed by atoms with Gasteiger partial charge in [0.2, 0.25) is 0 Å². The van der Waals surface area contributed by atoms with Crippen molar-refractivity contribution in [1.29, 1.82) is 0 Å². The molecule has 60 valence electrons. The Kier molecular flexibility index (Phi) is 2.64. The lowest BCUT2D eigenvalue weighted by Crippen LogP contribution is -2.11. The van der Waals surface area contributed by atoms with E-state index in [0.717, 1.165) is 30.4 Å². The zero-order chi connectivity index (χ0) is 8.27. The van der Waals surface area contributed by atoms with E-state index < -0.39 is 0 Å².